The first-order valence-corrected chi connectivity index (χ1v) is 6.68. The van der Waals surface area contributed by atoms with Crippen LogP contribution in [0.2, 0.25) is 0 Å². The van der Waals surface area contributed by atoms with E-state index in [0.717, 1.165) is 26.2 Å². The van der Waals surface area contributed by atoms with Crippen LogP contribution in [0, 0.1) is 0 Å². The lowest BCUT2D eigenvalue weighted by Gasteiger charge is -2.34. The van der Waals surface area contributed by atoms with E-state index < -0.39 is 0 Å². The van der Waals surface area contributed by atoms with Crippen molar-refractivity contribution in [3.05, 3.63) is 35.4 Å². The Hall–Kier alpha value is -0.900. The van der Waals surface area contributed by atoms with Crippen LogP contribution in [-0.2, 0) is 6.42 Å². The Morgan fingerprint density at radius 3 is 2.82 bits per heavy atom. The first-order chi connectivity index (χ1) is 8.43. The summed E-state index contributed by atoms with van der Waals surface area (Å²) in [6.07, 6.45) is 1.17. The molecule has 3 rings (SSSR count). The van der Waals surface area contributed by atoms with Gasteiger partial charge in [0.2, 0.25) is 0 Å². The summed E-state index contributed by atoms with van der Waals surface area (Å²) in [7, 11) is 0. The number of fused-ring (bicyclic) bond motifs is 1. The largest absolute Gasteiger partial charge is 0.314 e. The van der Waals surface area contributed by atoms with E-state index in [-0.39, 0.29) is 0 Å². The first kappa shape index (κ1) is 11.2. The molecule has 1 aromatic rings. The highest BCUT2D eigenvalue weighted by Crippen LogP contribution is 2.23. The Morgan fingerprint density at radius 2 is 1.94 bits per heavy atom. The van der Waals surface area contributed by atoms with Crippen LogP contribution < -0.4 is 10.6 Å². The predicted octanol–water partition coefficient (Wildman–Crippen LogP) is 0.779. The van der Waals surface area contributed by atoms with Crippen molar-refractivity contribution < 1.29 is 0 Å². The minimum Gasteiger partial charge on any atom is -0.314 e. The fourth-order valence-corrected chi connectivity index (χ4v) is 2.91. The number of benzene rings is 1. The van der Waals surface area contributed by atoms with Gasteiger partial charge in [-0.05, 0) is 24.1 Å². The molecule has 3 heteroatoms. The van der Waals surface area contributed by atoms with Gasteiger partial charge in [-0.15, -0.1) is 0 Å². The molecule has 1 unspecified atom stereocenters. The van der Waals surface area contributed by atoms with Crippen molar-refractivity contribution in [2.75, 3.05) is 39.3 Å². The normalized spacial score (nSPS) is 25.5. The van der Waals surface area contributed by atoms with Crippen molar-refractivity contribution in [3.8, 4) is 0 Å². The highest BCUT2D eigenvalue weighted by Gasteiger charge is 2.22. The molecule has 0 radical (unpaired) electrons. The Balaban J connectivity index is 1.71. The zero-order chi connectivity index (χ0) is 11.5. The fraction of sp³-hybridized carbons (Fsp3) is 0.571. The van der Waals surface area contributed by atoms with Crippen molar-refractivity contribution in [1.29, 1.82) is 0 Å². The molecule has 2 aliphatic heterocycles. The summed E-state index contributed by atoms with van der Waals surface area (Å²) in [6, 6.07) is 9.41. The molecule has 2 heterocycles. The van der Waals surface area contributed by atoms with E-state index in [1.54, 1.807) is 0 Å². The average molecular weight is 231 g/mol. The lowest BCUT2D eigenvalue weighted by atomic mass is 9.94. The van der Waals surface area contributed by atoms with Crippen LogP contribution in [0.15, 0.2) is 24.3 Å². The number of piperazine rings is 1. The minimum absolute atomic E-state index is 0.526. The number of nitrogens with zero attached hydrogens (tertiary/aromatic N) is 1. The Morgan fingerprint density at radius 1 is 1.12 bits per heavy atom. The molecular weight excluding hydrogens is 210 g/mol. The number of hydrogen-bond acceptors (Lipinski definition) is 3. The third-order valence-corrected chi connectivity index (χ3v) is 3.87. The van der Waals surface area contributed by atoms with Crippen LogP contribution in [0.1, 0.15) is 17.2 Å². The highest BCUT2D eigenvalue weighted by molar-refractivity contribution is 5.32. The van der Waals surface area contributed by atoms with Crippen molar-refractivity contribution in [2.45, 2.75) is 12.5 Å². The van der Waals surface area contributed by atoms with Gasteiger partial charge >= 0.3 is 0 Å². The summed E-state index contributed by atoms with van der Waals surface area (Å²) in [5.74, 6) is 0. The van der Waals surface area contributed by atoms with Crippen molar-refractivity contribution >= 4 is 0 Å². The van der Waals surface area contributed by atoms with Gasteiger partial charge in [0.1, 0.15) is 0 Å². The molecule has 0 amide bonds. The zero-order valence-electron chi connectivity index (χ0n) is 10.3. The molecule has 1 atom stereocenters. The van der Waals surface area contributed by atoms with Gasteiger partial charge in [-0.2, -0.15) is 0 Å². The molecule has 0 saturated carbocycles. The van der Waals surface area contributed by atoms with E-state index in [1.165, 1.54) is 30.6 Å². The molecule has 1 fully saturated rings. The summed E-state index contributed by atoms with van der Waals surface area (Å²) in [4.78, 5) is 2.57. The van der Waals surface area contributed by atoms with Crippen LogP contribution in [0.3, 0.4) is 0 Å². The van der Waals surface area contributed by atoms with Gasteiger partial charge in [0.05, 0.1) is 0 Å². The van der Waals surface area contributed by atoms with E-state index in [0.29, 0.717) is 6.04 Å². The Kier molecular flexibility index (Phi) is 3.41. The number of nitrogens with one attached hydrogen (secondary N) is 2. The molecule has 1 saturated heterocycles. The molecule has 3 nitrogen and oxygen atoms in total. The zero-order valence-corrected chi connectivity index (χ0v) is 10.3. The third-order valence-electron chi connectivity index (χ3n) is 3.87. The second kappa shape index (κ2) is 5.17. The molecule has 1 aromatic carbocycles. The lowest BCUT2D eigenvalue weighted by Crippen LogP contribution is -2.47. The summed E-state index contributed by atoms with van der Waals surface area (Å²) in [6.45, 7) is 6.90. The van der Waals surface area contributed by atoms with Crippen LogP contribution in [0.5, 0.6) is 0 Å². The molecule has 0 aromatic heterocycles. The quantitative estimate of drug-likeness (QED) is 0.787. The van der Waals surface area contributed by atoms with Crippen LogP contribution in [-0.4, -0.2) is 44.2 Å². The maximum Gasteiger partial charge on any atom is 0.0452 e. The SMILES string of the molecule is c1ccc2c(c1)CCNC2CN1CCNCC1. The number of rotatable bonds is 2. The van der Waals surface area contributed by atoms with Gasteiger partial charge in [0.15, 0.2) is 0 Å². The standard InChI is InChI=1S/C14H21N3/c1-2-4-13-12(3-1)5-6-16-14(13)11-17-9-7-15-8-10-17/h1-4,14-16H,5-11H2. The molecule has 17 heavy (non-hydrogen) atoms. The van der Waals surface area contributed by atoms with Gasteiger partial charge < -0.3 is 10.6 Å². The maximum atomic E-state index is 3.66. The Bertz CT molecular complexity index is 371. The van der Waals surface area contributed by atoms with Gasteiger partial charge in [-0.25, -0.2) is 0 Å². The summed E-state index contributed by atoms with van der Waals surface area (Å²) in [5.41, 5.74) is 3.05. The van der Waals surface area contributed by atoms with Crippen molar-refractivity contribution in [1.82, 2.24) is 15.5 Å². The third kappa shape index (κ3) is 2.51. The fourth-order valence-electron chi connectivity index (χ4n) is 2.91. The van der Waals surface area contributed by atoms with Crippen molar-refractivity contribution in [3.63, 3.8) is 0 Å². The first-order valence-electron chi connectivity index (χ1n) is 6.68. The van der Waals surface area contributed by atoms with Crippen LogP contribution in [0.25, 0.3) is 0 Å². The summed E-state index contributed by atoms with van der Waals surface area (Å²) in [5, 5.41) is 7.07. The number of hydrogen-bond donors (Lipinski definition) is 2. The van der Waals surface area contributed by atoms with E-state index in [2.05, 4.69) is 39.8 Å². The maximum absolute atomic E-state index is 3.66. The summed E-state index contributed by atoms with van der Waals surface area (Å²) < 4.78 is 0. The average Bonchev–Trinajstić information content (AvgIpc) is 2.40. The van der Waals surface area contributed by atoms with E-state index >= 15 is 0 Å². The summed E-state index contributed by atoms with van der Waals surface area (Å²) >= 11 is 0. The van der Waals surface area contributed by atoms with Gasteiger partial charge in [0.25, 0.3) is 0 Å². The molecule has 0 spiro atoms. The topological polar surface area (TPSA) is 27.3 Å². The second-order valence-electron chi connectivity index (χ2n) is 5.01. The Labute approximate surface area is 103 Å². The van der Waals surface area contributed by atoms with Crippen LogP contribution in [0.4, 0.5) is 0 Å². The van der Waals surface area contributed by atoms with E-state index in [4.69, 9.17) is 0 Å². The molecular formula is C14H21N3. The molecule has 2 aliphatic rings. The van der Waals surface area contributed by atoms with Gasteiger partial charge in [-0.3, -0.25) is 4.90 Å². The van der Waals surface area contributed by atoms with Gasteiger partial charge in [0, 0.05) is 38.8 Å². The molecule has 92 valence electrons. The second-order valence-corrected chi connectivity index (χ2v) is 5.01. The molecule has 2 N–H and O–H groups in total. The highest BCUT2D eigenvalue weighted by atomic mass is 15.2. The molecule has 0 bridgehead atoms. The monoisotopic (exact) mass is 231 g/mol. The van der Waals surface area contributed by atoms with Crippen molar-refractivity contribution in [2.24, 2.45) is 0 Å². The minimum atomic E-state index is 0.526. The predicted molar refractivity (Wildman–Crippen MR) is 70.2 cm³/mol. The smallest absolute Gasteiger partial charge is 0.0452 e. The molecule has 0 aliphatic carbocycles. The van der Waals surface area contributed by atoms with Crippen LogP contribution >= 0.6 is 0 Å². The van der Waals surface area contributed by atoms with Gasteiger partial charge in [-0.1, -0.05) is 24.3 Å². The van der Waals surface area contributed by atoms with E-state index in [9.17, 15) is 0 Å². The lowest BCUT2D eigenvalue weighted by molar-refractivity contribution is 0.213. The van der Waals surface area contributed by atoms with E-state index in [1.807, 2.05) is 0 Å².